The van der Waals surface area contributed by atoms with Gasteiger partial charge in [0.1, 0.15) is 0 Å². The predicted molar refractivity (Wildman–Crippen MR) is 97.6 cm³/mol. The molecule has 0 aliphatic carbocycles. The highest BCUT2D eigenvalue weighted by Gasteiger charge is 2.31. The summed E-state index contributed by atoms with van der Waals surface area (Å²) in [7, 11) is -0.849. The molecule has 1 saturated heterocycles. The molecule has 0 radical (unpaired) electrons. The number of nitrogens with zero attached hydrogens (tertiary/aromatic N) is 2. The lowest BCUT2D eigenvalue weighted by molar-refractivity contribution is -0.149. The minimum atomic E-state index is -3.68. The van der Waals surface area contributed by atoms with Gasteiger partial charge in [-0.1, -0.05) is 11.6 Å². The lowest BCUT2D eigenvalue weighted by atomic mass is 9.97. The quantitative estimate of drug-likeness (QED) is 0.703. The van der Waals surface area contributed by atoms with Crippen molar-refractivity contribution in [2.75, 3.05) is 33.8 Å². The average Bonchev–Trinajstić information content (AvgIpc) is 2.61. The molecular formula is C17H23ClN2O5S. The molecule has 0 aromatic heterocycles. The van der Waals surface area contributed by atoms with Crippen LogP contribution in [0, 0.1) is 5.92 Å². The number of sulfonamides is 1. The van der Waals surface area contributed by atoms with Crippen LogP contribution in [-0.4, -0.2) is 63.3 Å². The van der Waals surface area contributed by atoms with Crippen LogP contribution in [0.5, 0.6) is 0 Å². The van der Waals surface area contributed by atoms with Gasteiger partial charge in [-0.25, -0.2) is 12.7 Å². The summed E-state index contributed by atoms with van der Waals surface area (Å²) >= 11 is 6.14. The van der Waals surface area contributed by atoms with Crippen molar-refractivity contribution in [3.05, 3.63) is 28.8 Å². The van der Waals surface area contributed by atoms with Crippen molar-refractivity contribution in [2.24, 2.45) is 5.92 Å². The molecule has 1 aliphatic rings. The second-order valence-electron chi connectivity index (χ2n) is 6.27. The summed E-state index contributed by atoms with van der Waals surface area (Å²) in [5, 5.41) is 0.172. The zero-order chi connectivity index (χ0) is 19.5. The van der Waals surface area contributed by atoms with Gasteiger partial charge in [0.2, 0.25) is 10.0 Å². The largest absolute Gasteiger partial charge is 0.466 e. The summed E-state index contributed by atoms with van der Waals surface area (Å²) in [6, 6.07) is 4.05. The summed E-state index contributed by atoms with van der Waals surface area (Å²) in [5.41, 5.74) is 0.110. The molecule has 1 aromatic carbocycles. The molecule has 1 unspecified atom stereocenters. The first-order chi connectivity index (χ1) is 12.2. The Kier molecular flexibility index (Phi) is 6.65. The van der Waals surface area contributed by atoms with Gasteiger partial charge in [-0.3, -0.25) is 9.59 Å². The molecule has 7 nitrogen and oxygen atoms in total. The third-order valence-electron chi connectivity index (χ3n) is 4.28. The topological polar surface area (TPSA) is 84.0 Å². The van der Waals surface area contributed by atoms with E-state index in [1.54, 1.807) is 6.92 Å². The number of carbonyl (C=O) groups excluding carboxylic acids is 2. The Morgan fingerprint density at radius 1 is 1.35 bits per heavy atom. The van der Waals surface area contributed by atoms with Crippen LogP contribution in [0.15, 0.2) is 23.1 Å². The van der Waals surface area contributed by atoms with Gasteiger partial charge in [0.05, 0.1) is 28.0 Å². The van der Waals surface area contributed by atoms with E-state index < -0.39 is 10.0 Å². The fraction of sp³-hybridized carbons (Fsp3) is 0.529. The summed E-state index contributed by atoms with van der Waals surface area (Å²) < 4.78 is 30.7. The molecule has 0 saturated carbocycles. The van der Waals surface area contributed by atoms with E-state index >= 15 is 0 Å². The van der Waals surface area contributed by atoms with Crippen LogP contribution in [0.4, 0.5) is 0 Å². The predicted octanol–water partition coefficient (Wildman–Crippen LogP) is 2.01. The highest BCUT2D eigenvalue weighted by Crippen LogP contribution is 2.26. The van der Waals surface area contributed by atoms with Crippen LogP contribution >= 0.6 is 11.6 Å². The number of hydrogen-bond acceptors (Lipinski definition) is 5. The Bertz CT molecular complexity index is 794. The number of benzene rings is 1. The second kappa shape index (κ2) is 8.37. The van der Waals surface area contributed by atoms with Gasteiger partial charge >= 0.3 is 5.97 Å². The Balaban J connectivity index is 2.27. The number of esters is 1. The molecule has 1 amide bonds. The van der Waals surface area contributed by atoms with E-state index in [2.05, 4.69) is 0 Å². The standard InChI is InChI=1S/C17H23ClN2O5S/c1-4-25-17(22)12-6-5-9-20(11-12)16(21)14-10-13(7-8-15(14)18)26(23,24)19(2)3/h7-8,10,12H,4-6,9,11H2,1-3H3. The van der Waals surface area contributed by atoms with Gasteiger partial charge < -0.3 is 9.64 Å². The number of carbonyl (C=O) groups is 2. The molecule has 1 aromatic rings. The van der Waals surface area contributed by atoms with Crippen molar-refractivity contribution >= 4 is 33.5 Å². The Morgan fingerprint density at radius 3 is 2.65 bits per heavy atom. The molecule has 9 heteroatoms. The van der Waals surface area contributed by atoms with E-state index in [1.165, 1.54) is 37.2 Å². The summed E-state index contributed by atoms with van der Waals surface area (Å²) in [6.45, 7) is 2.74. The first-order valence-corrected chi connectivity index (χ1v) is 10.2. The van der Waals surface area contributed by atoms with Crippen molar-refractivity contribution < 1.29 is 22.7 Å². The third-order valence-corrected chi connectivity index (χ3v) is 6.42. The summed E-state index contributed by atoms with van der Waals surface area (Å²) in [4.78, 5) is 26.4. The molecule has 2 rings (SSSR count). The maximum atomic E-state index is 12.9. The monoisotopic (exact) mass is 402 g/mol. The van der Waals surface area contributed by atoms with E-state index in [1.807, 2.05) is 0 Å². The van der Waals surface area contributed by atoms with Crippen molar-refractivity contribution in [3.63, 3.8) is 0 Å². The van der Waals surface area contributed by atoms with Gasteiger partial charge in [0.25, 0.3) is 5.91 Å². The SMILES string of the molecule is CCOC(=O)C1CCCN(C(=O)c2cc(S(=O)(=O)N(C)C)ccc2Cl)C1. The molecule has 1 fully saturated rings. The van der Waals surface area contributed by atoms with Crippen LogP contribution < -0.4 is 0 Å². The Morgan fingerprint density at radius 2 is 2.04 bits per heavy atom. The van der Waals surface area contributed by atoms with Crippen LogP contribution in [0.1, 0.15) is 30.1 Å². The smallest absolute Gasteiger partial charge is 0.310 e. The molecule has 1 heterocycles. The second-order valence-corrected chi connectivity index (χ2v) is 8.83. The molecule has 26 heavy (non-hydrogen) atoms. The zero-order valence-electron chi connectivity index (χ0n) is 15.1. The maximum absolute atomic E-state index is 12.9. The number of rotatable bonds is 5. The highest BCUT2D eigenvalue weighted by atomic mass is 35.5. The lowest BCUT2D eigenvalue weighted by Crippen LogP contribution is -2.43. The van der Waals surface area contributed by atoms with Gasteiger partial charge in [-0.05, 0) is 38.0 Å². The fourth-order valence-electron chi connectivity index (χ4n) is 2.82. The molecule has 1 atom stereocenters. The van der Waals surface area contributed by atoms with E-state index in [9.17, 15) is 18.0 Å². The van der Waals surface area contributed by atoms with E-state index in [4.69, 9.17) is 16.3 Å². The van der Waals surface area contributed by atoms with Crippen molar-refractivity contribution in [1.29, 1.82) is 0 Å². The van der Waals surface area contributed by atoms with Gasteiger partial charge in [-0.2, -0.15) is 0 Å². The summed E-state index contributed by atoms with van der Waals surface area (Å²) in [5.74, 6) is -1.08. The lowest BCUT2D eigenvalue weighted by Gasteiger charge is -2.31. The first kappa shape index (κ1) is 20.7. The Hall–Kier alpha value is -1.64. The Labute approximate surface area is 158 Å². The minimum absolute atomic E-state index is 0.00537. The normalized spacial score (nSPS) is 18.0. The van der Waals surface area contributed by atoms with E-state index in [-0.39, 0.29) is 39.8 Å². The zero-order valence-corrected chi connectivity index (χ0v) is 16.6. The van der Waals surface area contributed by atoms with Crippen LogP contribution in [0.25, 0.3) is 0 Å². The van der Waals surface area contributed by atoms with Crippen LogP contribution in [-0.2, 0) is 19.6 Å². The number of hydrogen-bond donors (Lipinski definition) is 0. The van der Waals surface area contributed by atoms with Gasteiger partial charge in [-0.15, -0.1) is 0 Å². The van der Waals surface area contributed by atoms with Gasteiger partial charge in [0, 0.05) is 27.2 Å². The van der Waals surface area contributed by atoms with Gasteiger partial charge in [0.15, 0.2) is 0 Å². The number of halogens is 1. The van der Waals surface area contributed by atoms with Crippen molar-refractivity contribution in [3.8, 4) is 0 Å². The van der Waals surface area contributed by atoms with Crippen LogP contribution in [0.2, 0.25) is 5.02 Å². The van der Waals surface area contributed by atoms with E-state index in [0.29, 0.717) is 26.0 Å². The molecule has 144 valence electrons. The van der Waals surface area contributed by atoms with Crippen molar-refractivity contribution in [1.82, 2.24) is 9.21 Å². The molecule has 1 aliphatic heterocycles. The van der Waals surface area contributed by atoms with Crippen LogP contribution in [0.3, 0.4) is 0 Å². The summed E-state index contributed by atoms with van der Waals surface area (Å²) in [6.07, 6.45) is 1.33. The van der Waals surface area contributed by atoms with Crippen molar-refractivity contribution in [2.45, 2.75) is 24.7 Å². The molecule has 0 N–H and O–H groups in total. The third kappa shape index (κ3) is 4.36. The molecule has 0 spiro atoms. The number of amides is 1. The fourth-order valence-corrected chi connectivity index (χ4v) is 3.95. The minimum Gasteiger partial charge on any atom is -0.466 e. The molecule has 0 bridgehead atoms. The highest BCUT2D eigenvalue weighted by molar-refractivity contribution is 7.89. The molecular weight excluding hydrogens is 380 g/mol. The maximum Gasteiger partial charge on any atom is 0.310 e. The number of likely N-dealkylation sites (tertiary alicyclic amines) is 1. The first-order valence-electron chi connectivity index (χ1n) is 8.36. The average molecular weight is 403 g/mol. The number of ether oxygens (including phenoxy) is 1. The number of piperidine rings is 1. The van der Waals surface area contributed by atoms with E-state index in [0.717, 1.165) is 4.31 Å².